The van der Waals surface area contributed by atoms with Gasteiger partial charge in [-0.3, -0.25) is 9.59 Å². The molecule has 0 saturated carbocycles. The van der Waals surface area contributed by atoms with Crippen molar-refractivity contribution in [1.29, 1.82) is 0 Å². The summed E-state index contributed by atoms with van der Waals surface area (Å²) in [5.74, 6) is -0.654. The fourth-order valence-electron chi connectivity index (χ4n) is 1.29. The summed E-state index contributed by atoms with van der Waals surface area (Å²) in [5, 5.41) is 12.0. The molecular weight excluding hydrogens is 265 g/mol. The van der Waals surface area contributed by atoms with Crippen LogP contribution in [0.3, 0.4) is 0 Å². The third kappa shape index (κ3) is 7.00. The maximum absolute atomic E-state index is 12.2. The molecule has 2 atom stereocenters. The van der Waals surface area contributed by atoms with E-state index in [2.05, 4.69) is 5.32 Å². The zero-order valence-corrected chi connectivity index (χ0v) is 11.1. The fourth-order valence-corrected chi connectivity index (χ4v) is 1.29. The van der Waals surface area contributed by atoms with Crippen molar-refractivity contribution in [1.82, 2.24) is 10.2 Å². The van der Waals surface area contributed by atoms with E-state index in [4.69, 9.17) is 0 Å². The zero-order valence-electron chi connectivity index (χ0n) is 11.1. The first-order valence-corrected chi connectivity index (χ1v) is 5.82. The molecule has 0 heterocycles. The number of aliphatic hydroxyl groups excluding tert-OH is 1. The Labute approximate surface area is 109 Å². The van der Waals surface area contributed by atoms with E-state index in [9.17, 15) is 27.9 Å². The van der Waals surface area contributed by atoms with Gasteiger partial charge >= 0.3 is 6.18 Å². The van der Waals surface area contributed by atoms with Crippen molar-refractivity contribution in [2.75, 3.05) is 13.1 Å². The van der Waals surface area contributed by atoms with Gasteiger partial charge in [0.25, 0.3) is 5.91 Å². The molecule has 0 spiro atoms. The van der Waals surface area contributed by atoms with E-state index < -0.39 is 30.8 Å². The van der Waals surface area contributed by atoms with E-state index in [1.54, 1.807) is 0 Å². The quantitative estimate of drug-likeness (QED) is 0.670. The molecule has 0 saturated heterocycles. The summed E-state index contributed by atoms with van der Waals surface area (Å²) in [6.07, 6.45) is -6.31. The van der Waals surface area contributed by atoms with Gasteiger partial charge in [-0.2, -0.15) is 13.2 Å². The predicted octanol–water partition coefficient (Wildman–Crippen LogP) is 0.529. The van der Waals surface area contributed by atoms with Crippen molar-refractivity contribution in [3.63, 3.8) is 0 Å². The Balaban J connectivity index is 4.54. The Bertz CT molecular complexity index is 308. The molecule has 0 radical (unpaired) electrons. The lowest BCUT2D eigenvalue weighted by atomic mass is 10.1. The van der Waals surface area contributed by atoms with E-state index >= 15 is 0 Å². The van der Waals surface area contributed by atoms with Crippen molar-refractivity contribution in [2.24, 2.45) is 5.92 Å². The van der Waals surface area contributed by atoms with Gasteiger partial charge in [0, 0.05) is 6.54 Å². The van der Waals surface area contributed by atoms with Gasteiger partial charge in [-0.1, -0.05) is 13.8 Å². The van der Waals surface area contributed by atoms with Gasteiger partial charge in [0.05, 0.1) is 6.04 Å². The van der Waals surface area contributed by atoms with Crippen LogP contribution in [0.1, 0.15) is 20.8 Å². The Morgan fingerprint density at radius 3 is 2.26 bits per heavy atom. The summed E-state index contributed by atoms with van der Waals surface area (Å²) >= 11 is 0. The van der Waals surface area contributed by atoms with Crippen LogP contribution in [-0.4, -0.2) is 53.7 Å². The third-order valence-corrected chi connectivity index (χ3v) is 2.43. The van der Waals surface area contributed by atoms with Gasteiger partial charge in [0.1, 0.15) is 6.54 Å². The van der Waals surface area contributed by atoms with E-state index in [0.29, 0.717) is 11.4 Å². The second kappa shape index (κ2) is 7.32. The Kier molecular flexibility index (Phi) is 6.82. The summed E-state index contributed by atoms with van der Waals surface area (Å²) in [4.78, 5) is 22.4. The van der Waals surface area contributed by atoms with Gasteiger partial charge in [0.2, 0.25) is 6.41 Å². The van der Waals surface area contributed by atoms with Crippen LogP contribution in [0.2, 0.25) is 0 Å². The van der Waals surface area contributed by atoms with Crippen LogP contribution in [0.5, 0.6) is 0 Å². The van der Waals surface area contributed by atoms with Crippen LogP contribution in [0.15, 0.2) is 0 Å². The molecule has 0 rings (SSSR count). The Hall–Kier alpha value is -1.31. The highest BCUT2D eigenvalue weighted by atomic mass is 19.4. The van der Waals surface area contributed by atoms with Gasteiger partial charge in [-0.25, -0.2) is 0 Å². The molecule has 2 N–H and O–H groups in total. The average molecular weight is 284 g/mol. The average Bonchev–Trinajstić information content (AvgIpc) is 2.29. The molecule has 19 heavy (non-hydrogen) atoms. The minimum atomic E-state index is -4.58. The number of halogens is 3. The lowest BCUT2D eigenvalue weighted by molar-refractivity contribution is -0.163. The normalized spacial score (nSPS) is 14.9. The molecule has 0 aromatic heterocycles. The molecule has 8 heteroatoms. The second-order valence-electron chi connectivity index (χ2n) is 4.72. The first-order chi connectivity index (χ1) is 8.58. The number of alkyl halides is 3. The van der Waals surface area contributed by atoms with E-state index in [-0.39, 0.29) is 12.3 Å². The summed E-state index contributed by atoms with van der Waals surface area (Å²) in [6, 6.07) is -1.26. The number of carbonyl (C=O) groups is 2. The van der Waals surface area contributed by atoms with Crippen LogP contribution < -0.4 is 5.32 Å². The number of rotatable bonds is 7. The van der Waals surface area contributed by atoms with Crippen molar-refractivity contribution >= 4 is 12.3 Å². The molecule has 0 fully saturated rings. The minimum Gasteiger partial charge on any atom is -0.381 e. The summed E-state index contributed by atoms with van der Waals surface area (Å²) in [7, 11) is 0. The van der Waals surface area contributed by atoms with Crippen molar-refractivity contribution < 1.29 is 27.9 Å². The smallest absolute Gasteiger partial charge is 0.381 e. The lowest BCUT2D eigenvalue weighted by Gasteiger charge is -2.29. The molecular formula is C11H19F3N2O3. The molecule has 2 amide bonds. The molecule has 0 aliphatic carbocycles. The molecule has 0 aliphatic rings. The first-order valence-electron chi connectivity index (χ1n) is 5.82. The van der Waals surface area contributed by atoms with Crippen molar-refractivity contribution in [3.05, 3.63) is 0 Å². The summed E-state index contributed by atoms with van der Waals surface area (Å²) in [5.41, 5.74) is 0. The molecule has 2 unspecified atom stereocenters. The number of hydrogen-bond acceptors (Lipinski definition) is 3. The highest BCUT2D eigenvalue weighted by Gasteiger charge is 2.35. The largest absolute Gasteiger partial charge is 0.406 e. The van der Waals surface area contributed by atoms with Gasteiger partial charge in [0.15, 0.2) is 6.10 Å². The summed E-state index contributed by atoms with van der Waals surface area (Å²) < 4.78 is 36.6. The second-order valence-corrected chi connectivity index (χ2v) is 4.72. The lowest BCUT2D eigenvalue weighted by Crippen LogP contribution is -2.51. The number of amides is 2. The maximum Gasteiger partial charge on any atom is 0.406 e. The van der Waals surface area contributed by atoms with E-state index in [0.717, 1.165) is 0 Å². The number of nitrogens with one attached hydrogen (secondary N) is 1. The SMILES string of the molecule is CC(C)CNC(=O)C(O)C(C)N(C=O)CC(F)(F)F. The molecule has 0 aromatic carbocycles. The van der Waals surface area contributed by atoms with Crippen LogP contribution >= 0.6 is 0 Å². The fraction of sp³-hybridized carbons (Fsp3) is 0.818. The number of nitrogens with zero attached hydrogens (tertiary/aromatic N) is 1. The van der Waals surface area contributed by atoms with Crippen LogP contribution in [0, 0.1) is 5.92 Å². The molecule has 112 valence electrons. The van der Waals surface area contributed by atoms with Gasteiger partial charge < -0.3 is 15.3 Å². The minimum absolute atomic E-state index is 0.0307. The first kappa shape index (κ1) is 17.7. The van der Waals surface area contributed by atoms with Crippen LogP contribution in [0.4, 0.5) is 13.2 Å². The molecule has 0 aliphatic heterocycles. The zero-order chi connectivity index (χ0) is 15.2. The molecule has 5 nitrogen and oxygen atoms in total. The third-order valence-electron chi connectivity index (χ3n) is 2.43. The highest BCUT2D eigenvalue weighted by Crippen LogP contribution is 2.18. The maximum atomic E-state index is 12.2. The topological polar surface area (TPSA) is 69.6 Å². The number of aliphatic hydroxyl groups is 1. The van der Waals surface area contributed by atoms with Crippen LogP contribution in [0.25, 0.3) is 0 Å². The van der Waals surface area contributed by atoms with Gasteiger partial charge in [-0.15, -0.1) is 0 Å². The van der Waals surface area contributed by atoms with E-state index in [1.807, 2.05) is 13.8 Å². The standard InChI is InChI=1S/C11H19F3N2O3/c1-7(2)4-15-10(19)9(18)8(3)16(6-17)5-11(12,13)14/h6-9,18H,4-5H2,1-3H3,(H,15,19). The number of carbonyl (C=O) groups excluding carboxylic acids is 2. The monoisotopic (exact) mass is 284 g/mol. The summed E-state index contributed by atoms with van der Waals surface area (Å²) in [6.45, 7) is 3.63. The molecule has 0 aromatic rings. The van der Waals surface area contributed by atoms with Crippen molar-refractivity contribution in [2.45, 2.75) is 39.1 Å². The number of hydrogen-bond donors (Lipinski definition) is 2. The highest BCUT2D eigenvalue weighted by molar-refractivity contribution is 5.81. The van der Waals surface area contributed by atoms with E-state index in [1.165, 1.54) is 6.92 Å². The van der Waals surface area contributed by atoms with Gasteiger partial charge in [-0.05, 0) is 12.8 Å². The molecule has 0 bridgehead atoms. The Morgan fingerprint density at radius 1 is 1.37 bits per heavy atom. The van der Waals surface area contributed by atoms with Crippen molar-refractivity contribution in [3.8, 4) is 0 Å². The van der Waals surface area contributed by atoms with Crippen LogP contribution in [-0.2, 0) is 9.59 Å². The Morgan fingerprint density at radius 2 is 1.89 bits per heavy atom. The predicted molar refractivity (Wildman–Crippen MR) is 62.1 cm³/mol.